The van der Waals surface area contributed by atoms with E-state index < -0.39 is 11.9 Å². The number of rotatable bonds is 4. The maximum absolute atomic E-state index is 12.6. The summed E-state index contributed by atoms with van der Waals surface area (Å²) in [5.41, 5.74) is -0.712. The highest BCUT2D eigenvalue weighted by atomic mass is 19.4. The molecule has 0 spiro atoms. The largest absolute Gasteiger partial charge is 0.433 e. The molecule has 2 rings (SSSR count). The summed E-state index contributed by atoms with van der Waals surface area (Å²) in [6.07, 6.45) is -0.777. The lowest BCUT2D eigenvalue weighted by Crippen LogP contribution is -2.41. The van der Waals surface area contributed by atoms with Crippen molar-refractivity contribution in [3.8, 4) is 0 Å². The Morgan fingerprint density at radius 1 is 1.48 bits per heavy atom. The molecule has 1 atom stereocenters. The van der Waals surface area contributed by atoms with Crippen molar-refractivity contribution in [3.63, 3.8) is 0 Å². The molecule has 2 N–H and O–H groups in total. The van der Waals surface area contributed by atoms with Crippen LogP contribution >= 0.6 is 0 Å². The number of halogens is 3. The Kier molecular flexibility index (Phi) is 4.56. The molecular formula is C13H15F3N4O. The van der Waals surface area contributed by atoms with Gasteiger partial charge in [-0.2, -0.15) is 13.2 Å². The molecule has 1 aromatic rings. The minimum Gasteiger partial charge on any atom is -0.354 e. The summed E-state index contributed by atoms with van der Waals surface area (Å²) >= 11 is 0. The van der Waals surface area contributed by atoms with E-state index in [-0.39, 0.29) is 36.4 Å². The normalized spacial score (nSPS) is 18.0. The molecule has 1 unspecified atom stereocenters. The number of carbonyl (C=O) groups is 1. The van der Waals surface area contributed by atoms with Crippen LogP contribution in [0.1, 0.15) is 17.2 Å². The van der Waals surface area contributed by atoms with Gasteiger partial charge in [0.25, 0.3) is 0 Å². The quantitative estimate of drug-likeness (QED) is 0.814. The summed E-state index contributed by atoms with van der Waals surface area (Å²) < 4.78 is 37.9. The van der Waals surface area contributed by atoms with E-state index in [0.29, 0.717) is 6.54 Å². The van der Waals surface area contributed by atoms with E-state index in [2.05, 4.69) is 20.6 Å². The predicted octanol–water partition coefficient (Wildman–Crippen LogP) is 0.991. The molecule has 1 aromatic heterocycles. The number of amides is 1. The van der Waals surface area contributed by atoms with Crippen LogP contribution in [0.15, 0.2) is 18.2 Å². The van der Waals surface area contributed by atoms with Crippen molar-refractivity contribution in [1.82, 2.24) is 20.6 Å². The highest BCUT2D eigenvalue weighted by Crippen LogP contribution is 2.27. The van der Waals surface area contributed by atoms with E-state index in [0.717, 1.165) is 6.07 Å². The highest BCUT2D eigenvalue weighted by molar-refractivity contribution is 5.84. The standard InChI is InChI=1S/C13H15F3N4O/c1-8-7-10(13(14,15)16)20-11(19-8)4-6-18-12(21)9-3-2-5-17-9/h2-3,7,9,17H,4-6H2,1H3,(H,18,21). The molecule has 1 aliphatic heterocycles. The molecule has 0 radical (unpaired) electrons. The van der Waals surface area contributed by atoms with Crippen LogP contribution in [-0.2, 0) is 17.4 Å². The monoisotopic (exact) mass is 300 g/mol. The van der Waals surface area contributed by atoms with Gasteiger partial charge in [0, 0.05) is 25.2 Å². The van der Waals surface area contributed by atoms with E-state index in [1.54, 1.807) is 6.08 Å². The molecule has 0 aromatic carbocycles. The summed E-state index contributed by atoms with van der Waals surface area (Å²) in [7, 11) is 0. The van der Waals surface area contributed by atoms with Gasteiger partial charge < -0.3 is 5.32 Å². The Bertz CT molecular complexity index is 557. The molecule has 0 saturated carbocycles. The lowest BCUT2D eigenvalue weighted by Gasteiger charge is -2.11. The molecule has 1 aliphatic rings. The maximum atomic E-state index is 12.6. The number of nitrogens with zero attached hydrogens (tertiary/aromatic N) is 2. The van der Waals surface area contributed by atoms with Gasteiger partial charge in [-0.1, -0.05) is 12.2 Å². The number of alkyl halides is 3. The third kappa shape index (κ3) is 4.25. The summed E-state index contributed by atoms with van der Waals surface area (Å²) in [6.45, 7) is 2.30. The first-order chi connectivity index (χ1) is 9.86. The molecule has 0 fully saturated rings. The summed E-state index contributed by atoms with van der Waals surface area (Å²) in [6, 6.07) is 0.518. The number of hydrogen-bond donors (Lipinski definition) is 2. The van der Waals surface area contributed by atoms with Crippen LogP contribution in [0.25, 0.3) is 0 Å². The minimum absolute atomic E-state index is 0.0672. The molecule has 0 saturated heterocycles. The van der Waals surface area contributed by atoms with Crippen LogP contribution in [0, 0.1) is 6.92 Å². The second-order valence-corrected chi connectivity index (χ2v) is 4.66. The SMILES string of the molecule is Cc1cc(C(F)(F)F)nc(CCNC(=O)C2C=CCN2)n1. The fraction of sp³-hybridized carbons (Fsp3) is 0.462. The molecule has 8 heteroatoms. The molecule has 0 bridgehead atoms. The van der Waals surface area contributed by atoms with Crippen molar-refractivity contribution in [1.29, 1.82) is 0 Å². The molecular weight excluding hydrogens is 285 g/mol. The molecule has 21 heavy (non-hydrogen) atoms. The van der Waals surface area contributed by atoms with Crippen LogP contribution in [0.3, 0.4) is 0 Å². The van der Waals surface area contributed by atoms with E-state index in [9.17, 15) is 18.0 Å². The van der Waals surface area contributed by atoms with Gasteiger partial charge in [-0.05, 0) is 13.0 Å². The molecule has 0 aliphatic carbocycles. The van der Waals surface area contributed by atoms with Crippen molar-refractivity contribution in [2.45, 2.75) is 25.6 Å². The first-order valence-corrected chi connectivity index (χ1v) is 6.46. The number of nitrogens with one attached hydrogen (secondary N) is 2. The zero-order chi connectivity index (χ0) is 15.5. The third-order valence-corrected chi connectivity index (χ3v) is 2.91. The van der Waals surface area contributed by atoms with Crippen molar-refractivity contribution in [2.75, 3.05) is 13.1 Å². The zero-order valence-corrected chi connectivity index (χ0v) is 11.4. The molecule has 5 nitrogen and oxygen atoms in total. The molecule has 1 amide bonds. The molecule has 114 valence electrons. The van der Waals surface area contributed by atoms with Crippen molar-refractivity contribution in [2.24, 2.45) is 0 Å². The van der Waals surface area contributed by atoms with Crippen molar-refractivity contribution < 1.29 is 18.0 Å². The highest BCUT2D eigenvalue weighted by Gasteiger charge is 2.33. The van der Waals surface area contributed by atoms with Crippen LogP contribution < -0.4 is 10.6 Å². The summed E-state index contributed by atoms with van der Waals surface area (Å²) in [5.74, 6) is -0.148. The van der Waals surface area contributed by atoms with E-state index in [1.807, 2.05) is 6.08 Å². The van der Waals surface area contributed by atoms with Crippen LogP contribution in [0.4, 0.5) is 13.2 Å². The topological polar surface area (TPSA) is 66.9 Å². The fourth-order valence-electron chi connectivity index (χ4n) is 1.94. The summed E-state index contributed by atoms with van der Waals surface area (Å²) in [5, 5.41) is 5.58. The third-order valence-electron chi connectivity index (χ3n) is 2.91. The Hall–Kier alpha value is -1.96. The smallest absolute Gasteiger partial charge is 0.354 e. The van der Waals surface area contributed by atoms with Gasteiger partial charge >= 0.3 is 6.18 Å². The predicted molar refractivity (Wildman–Crippen MR) is 69.4 cm³/mol. The van der Waals surface area contributed by atoms with Crippen LogP contribution in [0.2, 0.25) is 0 Å². The van der Waals surface area contributed by atoms with Gasteiger partial charge in [0.2, 0.25) is 5.91 Å². The number of hydrogen-bond acceptors (Lipinski definition) is 4. The van der Waals surface area contributed by atoms with Crippen molar-refractivity contribution in [3.05, 3.63) is 35.4 Å². The summed E-state index contributed by atoms with van der Waals surface area (Å²) in [4.78, 5) is 19.1. The number of aromatic nitrogens is 2. The lowest BCUT2D eigenvalue weighted by atomic mass is 10.2. The second kappa shape index (κ2) is 6.21. The fourth-order valence-corrected chi connectivity index (χ4v) is 1.94. The van der Waals surface area contributed by atoms with Gasteiger partial charge in [-0.15, -0.1) is 0 Å². The van der Waals surface area contributed by atoms with E-state index in [1.165, 1.54) is 6.92 Å². The van der Waals surface area contributed by atoms with Gasteiger partial charge in [-0.25, -0.2) is 9.97 Å². The maximum Gasteiger partial charge on any atom is 0.433 e. The van der Waals surface area contributed by atoms with Crippen LogP contribution in [-0.4, -0.2) is 35.0 Å². The van der Waals surface area contributed by atoms with E-state index >= 15 is 0 Å². The van der Waals surface area contributed by atoms with Crippen molar-refractivity contribution >= 4 is 5.91 Å². The Morgan fingerprint density at radius 2 is 2.24 bits per heavy atom. The Morgan fingerprint density at radius 3 is 2.86 bits per heavy atom. The average molecular weight is 300 g/mol. The van der Waals surface area contributed by atoms with Gasteiger partial charge in [0.15, 0.2) is 0 Å². The zero-order valence-electron chi connectivity index (χ0n) is 11.4. The average Bonchev–Trinajstić information content (AvgIpc) is 2.90. The van der Waals surface area contributed by atoms with Gasteiger partial charge in [0.05, 0.1) is 0 Å². The second-order valence-electron chi connectivity index (χ2n) is 4.66. The minimum atomic E-state index is -4.50. The lowest BCUT2D eigenvalue weighted by molar-refractivity contribution is -0.141. The van der Waals surface area contributed by atoms with Gasteiger partial charge in [0.1, 0.15) is 17.6 Å². The number of aryl methyl sites for hydroxylation is 1. The first-order valence-electron chi connectivity index (χ1n) is 6.46. The number of carbonyl (C=O) groups excluding carboxylic acids is 1. The Balaban J connectivity index is 1.92. The van der Waals surface area contributed by atoms with E-state index in [4.69, 9.17) is 0 Å². The molecule has 2 heterocycles. The van der Waals surface area contributed by atoms with Crippen LogP contribution in [0.5, 0.6) is 0 Å². The Labute approximate surface area is 119 Å². The first kappa shape index (κ1) is 15.4. The van der Waals surface area contributed by atoms with Gasteiger partial charge in [-0.3, -0.25) is 10.1 Å².